The van der Waals surface area contributed by atoms with E-state index in [9.17, 15) is 0 Å². The molecule has 0 aliphatic heterocycles. The molecule has 0 bridgehead atoms. The van der Waals surface area contributed by atoms with Gasteiger partial charge in [-0.2, -0.15) is 0 Å². The van der Waals surface area contributed by atoms with Gasteiger partial charge in [0, 0.05) is 5.41 Å². The molecule has 1 aliphatic rings. The Hall–Kier alpha value is -0.600. The Kier molecular flexibility index (Phi) is 2.32. The molecule has 1 aromatic rings. The predicted octanol–water partition coefficient (Wildman–Crippen LogP) is 2.98. The fraction of sp³-hybridized carbons (Fsp3) is 0.455. The molecule has 2 nitrogen and oxygen atoms in total. The number of hydrogen-bond acceptors (Lipinski definition) is 2. The first-order valence-corrected chi connectivity index (χ1v) is 5.61. The number of halogens is 2. The Morgan fingerprint density at radius 2 is 1.87 bits per heavy atom. The molecule has 82 valence electrons. The van der Waals surface area contributed by atoms with Crippen LogP contribution < -0.4 is 11.5 Å². The van der Waals surface area contributed by atoms with Crippen molar-refractivity contribution in [3.63, 3.8) is 0 Å². The Morgan fingerprint density at radius 3 is 2.33 bits per heavy atom. The van der Waals surface area contributed by atoms with Crippen molar-refractivity contribution >= 4 is 34.6 Å². The van der Waals surface area contributed by atoms with Gasteiger partial charge in [0.2, 0.25) is 0 Å². The summed E-state index contributed by atoms with van der Waals surface area (Å²) in [6.07, 6.45) is 1.66. The molecule has 0 spiro atoms. The van der Waals surface area contributed by atoms with Gasteiger partial charge in [-0.15, -0.1) is 23.2 Å². The van der Waals surface area contributed by atoms with Gasteiger partial charge in [0.15, 0.2) is 0 Å². The third-order valence-electron chi connectivity index (χ3n) is 3.12. The zero-order valence-corrected chi connectivity index (χ0v) is 10.1. The molecule has 1 aliphatic carbocycles. The molecule has 1 fully saturated rings. The molecule has 0 heterocycles. The SMILES string of the molecule is CC1(Cc2ccc(N)c(N)c2)CC1(Cl)Cl. The minimum Gasteiger partial charge on any atom is -0.397 e. The van der Waals surface area contributed by atoms with Crippen molar-refractivity contribution in [2.45, 2.75) is 24.1 Å². The maximum Gasteiger partial charge on any atom is 0.124 e. The lowest BCUT2D eigenvalue weighted by Gasteiger charge is -2.12. The molecule has 1 unspecified atom stereocenters. The third kappa shape index (κ3) is 1.88. The third-order valence-corrected chi connectivity index (χ3v) is 4.30. The normalized spacial score (nSPS) is 27.7. The monoisotopic (exact) mass is 244 g/mol. The molecule has 2 rings (SSSR count). The fourth-order valence-electron chi connectivity index (χ4n) is 1.82. The van der Waals surface area contributed by atoms with Crippen LogP contribution in [-0.2, 0) is 6.42 Å². The molecule has 0 aromatic heterocycles. The standard InChI is InChI=1S/C11H14Cl2N2/c1-10(6-11(10,12)13)5-7-2-3-8(14)9(15)4-7/h2-4H,5-6,14-15H2,1H3. The maximum atomic E-state index is 6.08. The second kappa shape index (κ2) is 3.19. The van der Waals surface area contributed by atoms with Crippen LogP contribution in [-0.4, -0.2) is 4.33 Å². The average Bonchev–Trinajstić information content (AvgIpc) is 2.58. The molecular weight excluding hydrogens is 231 g/mol. The van der Waals surface area contributed by atoms with Gasteiger partial charge in [0.1, 0.15) is 4.33 Å². The molecule has 1 saturated carbocycles. The van der Waals surface area contributed by atoms with Crippen molar-refractivity contribution in [3.8, 4) is 0 Å². The Labute approximate surface area is 99.5 Å². The minimum absolute atomic E-state index is 0.0291. The number of nitrogens with two attached hydrogens (primary N) is 2. The predicted molar refractivity (Wildman–Crippen MR) is 66.1 cm³/mol. The number of hydrogen-bond donors (Lipinski definition) is 2. The zero-order chi connectivity index (χ0) is 11.3. The van der Waals surface area contributed by atoms with E-state index in [2.05, 4.69) is 6.92 Å². The largest absolute Gasteiger partial charge is 0.397 e. The van der Waals surface area contributed by atoms with Crippen molar-refractivity contribution < 1.29 is 0 Å². The van der Waals surface area contributed by atoms with Crippen LogP contribution in [0, 0.1) is 5.41 Å². The van der Waals surface area contributed by atoms with Gasteiger partial charge in [-0.25, -0.2) is 0 Å². The fourth-order valence-corrected chi connectivity index (χ4v) is 2.55. The summed E-state index contributed by atoms with van der Waals surface area (Å²) < 4.78 is -0.580. The number of benzene rings is 1. The van der Waals surface area contributed by atoms with E-state index in [0.29, 0.717) is 11.4 Å². The molecule has 0 saturated heterocycles. The van der Waals surface area contributed by atoms with Crippen LogP contribution in [0.15, 0.2) is 18.2 Å². The summed E-state index contributed by atoms with van der Waals surface area (Å²) >= 11 is 12.2. The second-order valence-electron chi connectivity index (χ2n) is 4.58. The number of alkyl halides is 2. The zero-order valence-electron chi connectivity index (χ0n) is 8.56. The van der Waals surface area contributed by atoms with Gasteiger partial charge in [0.25, 0.3) is 0 Å². The van der Waals surface area contributed by atoms with Gasteiger partial charge in [-0.1, -0.05) is 13.0 Å². The summed E-state index contributed by atoms with van der Waals surface area (Å²) in [6, 6.07) is 5.68. The van der Waals surface area contributed by atoms with Crippen molar-refractivity contribution in [2.24, 2.45) is 5.41 Å². The van der Waals surface area contributed by atoms with Gasteiger partial charge in [-0.05, 0) is 30.5 Å². The summed E-state index contributed by atoms with van der Waals surface area (Å²) in [4.78, 5) is 0. The number of anilines is 2. The van der Waals surface area contributed by atoms with Crippen LogP contribution in [0.4, 0.5) is 11.4 Å². The summed E-state index contributed by atoms with van der Waals surface area (Å²) in [6.45, 7) is 2.08. The lowest BCUT2D eigenvalue weighted by Crippen LogP contribution is -2.08. The Bertz CT molecular complexity index is 404. The molecule has 4 N–H and O–H groups in total. The molecular formula is C11H14Cl2N2. The number of nitrogen functional groups attached to an aromatic ring is 2. The first-order valence-electron chi connectivity index (χ1n) is 4.86. The van der Waals surface area contributed by atoms with Crippen LogP contribution in [0.3, 0.4) is 0 Å². The lowest BCUT2D eigenvalue weighted by atomic mass is 9.98. The number of rotatable bonds is 2. The summed E-state index contributed by atoms with van der Waals surface area (Å²) in [5, 5.41) is 0. The van der Waals surface area contributed by atoms with E-state index in [1.54, 1.807) is 0 Å². The average molecular weight is 245 g/mol. The van der Waals surface area contributed by atoms with Crippen LogP contribution in [0.5, 0.6) is 0 Å². The lowest BCUT2D eigenvalue weighted by molar-refractivity contribution is 0.561. The van der Waals surface area contributed by atoms with Gasteiger partial charge < -0.3 is 11.5 Å². The molecule has 1 atom stereocenters. The summed E-state index contributed by atoms with van der Waals surface area (Å²) in [5.41, 5.74) is 13.7. The van der Waals surface area contributed by atoms with E-state index in [0.717, 1.165) is 18.4 Å². The van der Waals surface area contributed by atoms with E-state index in [1.165, 1.54) is 0 Å². The topological polar surface area (TPSA) is 52.0 Å². The minimum atomic E-state index is -0.580. The Balaban J connectivity index is 2.16. The molecule has 4 heteroatoms. The van der Waals surface area contributed by atoms with E-state index < -0.39 is 4.33 Å². The van der Waals surface area contributed by atoms with Gasteiger partial charge in [0.05, 0.1) is 11.4 Å². The quantitative estimate of drug-likeness (QED) is 0.621. The van der Waals surface area contributed by atoms with Crippen LogP contribution >= 0.6 is 23.2 Å². The molecule has 15 heavy (non-hydrogen) atoms. The van der Waals surface area contributed by atoms with Crippen LogP contribution in [0.1, 0.15) is 18.9 Å². The van der Waals surface area contributed by atoms with E-state index in [4.69, 9.17) is 34.7 Å². The van der Waals surface area contributed by atoms with Gasteiger partial charge >= 0.3 is 0 Å². The van der Waals surface area contributed by atoms with Gasteiger partial charge in [-0.3, -0.25) is 0 Å². The van der Waals surface area contributed by atoms with Crippen molar-refractivity contribution in [1.29, 1.82) is 0 Å². The van der Waals surface area contributed by atoms with Crippen LogP contribution in [0.25, 0.3) is 0 Å². The van der Waals surface area contributed by atoms with E-state index >= 15 is 0 Å². The first-order chi connectivity index (χ1) is 6.84. The molecule has 0 radical (unpaired) electrons. The smallest absolute Gasteiger partial charge is 0.124 e. The first kappa shape index (κ1) is 10.9. The maximum absolute atomic E-state index is 6.08. The highest BCUT2D eigenvalue weighted by atomic mass is 35.5. The Morgan fingerprint density at radius 1 is 1.27 bits per heavy atom. The molecule has 0 amide bonds. The summed E-state index contributed by atoms with van der Waals surface area (Å²) in [7, 11) is 0. The highest BCUT2D eigenvalue weighted by molar-refractivity contribution is 6.51. The van der Waals surface area contributed by atoms with E-state index in [1.807, 2.05) is 18.2 Å². The second-order valence-corrected chi connectivity index (χ2v) is 6.07. The van der Waals surface area contributed by atoms with Crippen molar-refractivity contribution in [3.05, 3.63) is 23.8 Å². The van der Waals surface area contributed by atoms with E-state index in [-0.39, 0.29) is 5.41 Å². The highest BCUT2D eigenvalue weighted by Gasteiger charge is 2.62. The highest BCUT2D eigenvalue weighted by Crippen LogP contribution is 2.65. The summed E-state index contributed by atoms with van der Waals surface area (Å²) in [5.74, 6) is 0. The van der Waals surface area contributed by atoms with Crippen molar-refractivity contribution in [1.82, 2.24) is 0 Å². The molecule has 1 aromatic carbocycles. The van der Waals surface area contributed by atoms with Crippen molar-refractivity contribution in [2.75, 3.05) is 11.5 Å². The van der Waals surface area contributed by atoms with Crippen LogP contribution in [0.2, 0.25) is 0 Å².